The molecule has 0 N–H and O–H groups in total. The Hall–Kier alpha value is -4.20. The van der Waals surface area contributed by atoms with Crippen molar-refractivity contribution in [2.75, 3.05) is 13.2 Å². The second-order valence-electron chi connectivity index (χ2n) is 10.8. The summed E-state index contributed by atoms with van der Waals surface area (Å²) in [6.07, 6.45) is 6.15. The summed E-state index contributed by atoms with van der Waals surface area (Å²) in [6.45, 7) is 3.42. The first-order valence-corrected chi connectivity index (χ1v) is 15.7. The van der Waals surface area contributed by atoms with E-state index < -0.39 is 34.6 Å². The monoisotopic (exact) mass is 664 g/mol. The van der Waals surface area contributed by atoms with Gasteiger partial charge in [0.1, 0.15) is 22.9 Å². The SMILES string of the molecule is CC(CCCCOc1ccc(-c2cc(F)c(N=C=S)c(F)c2)cc1)CCCCOc1ccc(-c2cc(F)c(N=C=S)c(F)c2)cc1. The number of nitrogens with zero attached hydrogens (tertiary/aromatic N) is 2. The fourth-order valence-corrected chi connectivity index (χ4v) is 5.15. The van der Waals surface area contributed by atoms with E-state index in [1.807, 2.05) is 10.3 Å². The number of unbranched alkanes of at least 4 members (excludes halogenated alkanes) is 2. The molecule has 46 heavy (non-hydrogen) atoms. The summed E-state index contributed by atoms with van der Waals surface area (Å²) in [5.41, 5.74) is 1.23. The van der Waals surface area contributed by atoms with E-state index in [2.05, 4.69) is 41.3 Å². The van der Waals surface area contributed by atoms with Gasteiger partial charge >= 0.3 is 0 Å². The van der Waals surface area contributed by atoms with Crippen LogP contribution in [0.3, 0.4) is 0 Å². The Bertz CT molecular complexity index is 1550. The molecule has 0 atom stereocenters. The lowest BCUT2D eigenvalue weighted by Gasteiger charge is -2.12. The maximum absolute atomic E-state index is 14.2. The van der Waals surface area contributed by atoms with Gasteiger partial charge in [0.2, 0.25) is 0 Å². The molecule has 0 radical (unpaired) electrons. The zero-order valence-corrected chi connectivity index (χ0v) is 26.8. The Labute approximate surface area is 276 Å². The first kappa shape index (κ1) is 34.7. The van der Waals surface area contributed by atoms with Crippen LogP contribution in [0.25, 0.3) is 22.3 Å². The average Bonchev–Trinajstić information content (AvgIpc) is 3.04. The predicted octanol–water partition coefficient (Wildman–Crippen LogP) is 11.5. The minimum atomic E-state index is -0.795. The third-order valence-electron chi connectivity index (χ3n) is 7.44. The van der Waals surface area contributed by atoms with Crippen LogP contribution in [-0.4, -0.2) is 23.5 Å². The van der Waals surface area contributed by atoms with Crippen molar-refractivity contribution in [2.24, 2.45) is 15.9 Å². The van der Waals surface area contributed by atoms with Crippen molar-refractivity contribution in [3.8, 4) is 33.8 Å². The minimum absolute atomic E-state index is 0.398. The van der Waals surface area contributed by atoms with E-state index in [1.54, 1.807) is 48.5 Å². The molecule has 0 bridgehead atoms. The number of hydrogen-bond acceptors (Lipinski definition) is 6. The average molecular weight is 665 g/mol. The highest BCUT2D eigenvalue weighted by atomic mass is 32.1. The zero-order chi connectivity index (χ0) is 32.9. The molecule has 0 spiro atoms. The Balaban J connectivity index is 1.09. The van der Waals surface area contributed by atoms with E-state index >= 15 is 0 Å². The third-order valence-corrected chi connectivity index (χ3v) is 7.63. The first-order chi connectivity index (χ1) is 22.3. The predicted molar refractivity (Wildman–Crippen MR) is 181 cm³/mol. The molecular weight excluding hydrogens is 633 g/mol. The molecule has 4 aromatic carbocycles. The maximum Gasteiger partial charge on any atom is 0.153 e. The Morgan fingerprint density at radius 2 is 0.913 bits per heavy atom. The van der Waals surface area contributed by atoms with E-state index in [0.717, 1.165) is 38.5 Å². The Morgan fingerprint density at radius 3 is 1.24 bits per heavy atom. The summed E-state index contributed by atoms with van der Waals surface area (Å²) in [4.78, 5) is 6.87. The van der Waals surface area contributed by atoms with Crippen LogP contribution >= 0.6 is 24.4 Å². The van der Waals surface area contributed by atoms with E-state index in [9.17, 15) is 17.6 Å². The van der Waals surface area contributed by atoms with Gasteiger partial charge < -0.3 is 9.47 Å². The molecule has 0 saturated carbocycles. The van der Waals surface area contributed by atoms with Crippen molar-refractivity contribution in [2.45, 2.75) is 45.4 Å². The highest BCUT2D eigenvalue weighted by Crippen LogP contribution is 2.31. The molecule has 0 fully saturated rings. The molecule has 0 unspecified atom stereocenters. The highest BCUT2D eigenvalue weighted by molar-refractivity contribution is 7.78. The molecule has 10 heteroatoms. The van der Waals surface area contributed by atoms with Crippen molar-refractivity contribution in [3.63, 3.8) is 0 Å². The molecule has 4 rings (SSSR count). The molecule has 0 saturated heterocycles. The van der Waals surface area contributed by atoms with Gasteiger partial charge in [-0.05, 0) is 127 Å². The smallest absolute Gasteiger partial charge is 0.153 e. The maximum atomic E-state index is 14.2. The number of thiocarbonyl (C=S) groups is 2. The molecular formula is C36H32F4N2O2S2. The Morgan fingerprint density at radius 1 is 0.565 bits per heavy atom. The molecule has 0 aliphatic heterocycles. The largest absolute Gasteiger partial charge is 0.494 e. The molecule has 0 aromatic heterocycles. The van der Waals surface area contributed by atoms with Crippen LogP contribution in [-0.2, 0) is 0 Å². The van der Waals surface area contributed by atoms with Gasteiger partial charge in [-0.25, -0.2) is 17.6 Å². The van der Waals surface area contributed by atoms with Gasteiger partial charge in [0.15, 0.2) is 23.3 Å². The van der Waals surface area contributed by atoms with E-state index in [0.29, 0.717) is 52.9 Å². The van der Waals surface area contributed by atoms with Gasteiger partial charge in [-0.15, -0.1) is 0 Å². The topological polar surface area (TPSA) is 43.2 Å². The van der Waals surface area contributed by atoms with Crippen LogP contribution in [0, 0.1) is 29.2 Å². The Kier molecular flexibility index (Phi) is 13.2. The number of aliphatic imine (C=N–C) groups is 2. The summed E-state index contributed by atoms with van der Waals surface area (Å²) in [5, 5.41) is 3.97. The molecule has 0 aliphatic rings. The molecule has 4 nitrogen and oxygen atoms in total. The standard InChI is InChI=1S/C36H32F4N2O2S2/c1-24(6-2-4-16-43-29-12-8-25(9-13-29)27-18-31(37)35(41-22-45)32(38)19-27)7-3-5-17-44-30-14-10-26(11-15-30)28-20-33(39)36(42-23-46)34(40)21-28/h8-15,18-21,24H,2-7,16-17H2,1H3. The summed E-state index contributed by atoms with van der Waals surface area (Å²) in [5.74, 6) is -1.20. The van der Waals surface area contributed by atoms with Gasteiger partial charge in [-0.3, -0.25) is 0 Å². The second kappa shape index (κ2) is 17.5. The van der Waals surface area contributed by atoms with Gasteiger partial charge in [-0.1, -0.05) is 44.0 Å². The lowest BCUT2D eigenvalue weighted by molar-refractivity contribution is 0.290. The number of hydrogen-bond donors (Lipinski definition) is 0. The zero-order valence-electron chi connectivity index (χ0n) is 25.2. The summed E-state index contributed by atoms with van der Waals surface area (Å²) >= 11 is 8.87. The minimum Gasteiger partial charge on any atom is -0.494 e. The van der Waals surface area contributed by atoms with Gasteiger partial charge in [0, 0.05) is 0 Å². The van der Waals surface area contributed by atoms with Crippen molar-refractivity contribution in [3.05, 3.63) is 96.1 Å². The van der Waals surface area contributed by atoms with Crippen molar-refractivity contribution in [1.29, 1.82) is 0 Å². The quantitative estimate of drug-likeness (QED) is 0.0517. The fraction of sp³-hybridized carbons (Fsp3) is 0.278. The van der Waals surface area contributed by atoms with Crippen molar-refractivity contribution in [1.82, 2.24) is 0 Å². The first-order valence-electron chi connectivity index (χ1n) is 14.9. The number of halogens is 4. The van der Waals surface area contributed by atoms with Crippen LogP contribution in [0.15, 0.2) is 82.8 Å². The van der Waals surface area contributed by atoms with Crippen LogP contribution in [0.2, 0.25) is 0 Å². The summed E-state index contributed by atoms with van der Waals surface area (Å²) in [6, 6.07) is 19.1. The lowest BCUT2D eigenvalue weighted by atomic mass is 9.98. The molecule has 0 heterocycles. The normalized spacial score (nSPS) is 11.3. The third kappa shape index (κ3) is 9.90. The van der Waals surface area contributed by atoms with Crippen LogP contribution in [0.1, 0.15) is 45.4 Å². The lowest BCUT2D eigenvalue weighted by Crippen LogP contribution is -2.02. The fourth-order valence-electron chi connectivity index (χ4n) is 4.97. The second-order valence-corrected chi connectivity index (χ2v) is 11.2. The van der Waals surface area contributed by atoms with E-state index in [-0.39, 0.29) is 0 Å². The number of rotatable bonds is 16. The van der Waals surface area contributed by atoms with E-state index in [1.165, 1.54) is 24.3 Å². The summed E-state index contributed by atoms with van der Waals surface area (Å²) < 4.78 is 68.3. The van der Waals surface area contributed by atoms with Crippen LogP contribution in [0.4, 0.5) is 28.9 Å². The molecule has 0 amide bonds. The number of benzene rings is 4. The van der Waals surface area contributed by atoms with Gasteiger partial charge in [-0.2, -0.15) is 9.98 Å². The number of ether oxygens (including phenoxy) is 2. The van der Waals surface area contributed by atoms with E-state index in [4.69, 9.17) is 9.47 Å². The number of isothiocyanates is 2. The molecule has 0 aliphatic carbocycles. The molecule has 238 valence electrons. The highest BCUT2D eigenvalue weighted by Gasteiger charge is 2.13. The summed E-state index contributed by atoms with van der Waals surface area (Å²) in [7, 11) is 0. The van der Waals surface area contributed by atoms with Crippen molar-refractivity contribution >= 4 is 46.1 Å². The van der Waals surface area contributed by atoms with Gasteiger partial charge in [0.05, 0.1) is 23.5 Å². The molecule has 4 aromatic rings. The van der Waals surface area contributed by atoms with Crippen molar-refractivity contribution < 1.29 is 27.0 Å². The van der Waals surface area contributed by atoms with Crippen LogP contribution in [0.5, 0.6) is 11.5 Å². The van der Waals surface area contributed by atoms with Gasteiger partial charge in [0.25, 0.3) is 0 Å². The van der Waals surface area contributed by atoms with Crippen LogP contribution < -0.4 is 9.47 Å².